The van der Waals surface area contributed by atoms with E-state index < -0.39 is 29.6 Å². The molecule has 1 aromatic carbocycles. The number of benzene rings is 1. The molecule has 194 valence electrons. The minimum atomic E-state index is -1.12. The Labute approximate surface area is 220 Å². The van der Waals surface area contributed by atoms with Crippen LogP contribution in [0, 0.1) is 11.8 Å². The van der Waals surface area contributed by atoms with Crippen LogP contribution >= 0.6 is 15.9 Å². The first-order valence-corrected chi connectivity index (χ1v) is 13.2. The minimum absolute atomic E-state index is 0.113. The molecule has 9 heteroatoms. The zero-order valence-electron chi connectivity index (χ0n) is 20.6. The van der Waals surface area contributed by atoms with E-state index in [4.69, 9.17) is 4.74 Å². The molecule has 3 aliphatic rings. The molecule has 6 atom stereocenters. The van der Waals surface area contributed by atoms with E-state index in [-0.39, 0.29) is 35.7 Å². The van der Waals surface area contributed by atoms with Crippen molar-refractivity contribution in [1.82, 2.24) is 14.7 Å². The zero-order chi connectivity index (χ0) is 26.0. The van der Waals surface area contributed by atoms with Gasteiger partial charge in [-0.15, -0.1) is 13.2 Å². The van der Waals surface area contributed by atoms with Gasteiger partial charge in [0.25, 0.3) is 0 Å². The Bertz CT molecular complexity index is 1020. The zero-order valence-corrected chi connectivity index (χ0v) is 22.2. The SMILES string of the molecule is C=CCN(C)C(=O)[C@H]1[C@@H]2OC3(CC2Br)C(C(=O)N(CC=C)Cc2ccccc2)N(CCCO)C(=O)[C@H]13. The standard InChI is InChI=1S/C27H34BrN3O5/c1-4-12-29(3)24(33)20-21-25(34)31(14-9-15-32)23(27(21)16-19(28)22(20)36-27)26(35)30(13-5-2)17-18-10-7-6-8-11-18/h4-8,10-11,19-23,32H,1-2,9,12-17H2,3H3/t19?,20-,21+,22-,23?,27?/m1/s1. The number of fused-ring (bicyclic) bond motifs is 1. The molecule has 3 saturated heterocycles. The molecular formula is C27H34BrN3O5. The van der Waals surface area contributed by atoms with Gasteiger partial charge in [0.2, 0.25) is 17.7 Å². The normalized spacial score (nSPS) is 30.2. The smallest absolute Gasteiger partial charge is 0.248 e. The fourth-order valence-electron chi connectivity index (χ4n) is 6.08. The fourth-order valence-corrected chi connectivity index (χ4v) is 7.02. The molecule has 3 unspecified atom stereocenters. The summed E-state index contributed by atoms with van der Waals surface area (Å²) in [6, 6.07) is 8.76. The van der Waals surface area contributed by atoms with Gasteiger partial charge in [-0.05, 0) is 18.4 Å². The highest BCUT2D eigenvalue weighted by Crippen LogP contribution is 2.60. The van der Waals surface area contributed by atoms with Crippen molar-refractivity contribution in [2.75, 3.05) is 33.3 Å². The second-order valence-electron chi connectivity index (χ2n) is 9.77. The van der Waals surface area contributed by atoms with Crippen molar-refractivity contribution < 1.29 is 24.2 Å². The molecule has 3 fully saturated rings. The molecule has 2 bridgehead atoms. The molecule has 3 amide bonds. The maximum Gasteiger partial charge on any atom is 0.248 e. The van der Waals surface area contributed by atoms with Crippen LogP contribution in [0.25, 0.3) is 0 Å². The number of halogens is 1. The molecule has 0 aromatic heterocycles. The van der Waals surface area contributed by atoms with Crippen molar-refractivity contribution in [2.24, 2.45) is 11.8 Å². The number of hydrogen-bond donors (Lipinski definition) is 1. The molecule has 1 spiro atoms. The number of aliphatic hydroxyl groups is 1. The molecule has 0 saturated carbocycles. The highest BCUT2D eigenvalue weighted by atomic mass is 79.9. The largest absolute Gasteiger partial charge is 0.396 e. The lowest BCUT2D eigenvalue weighted by Crippen LogP contribution is -2.56. The van der Waals surface area contributed by atoms with E-state index in [1.807, 2.05) is 30.3 Å². The van der Waals surface area contributed by atoms with Gasteiger partial charge in [-0.1, -0.05) is 58.4 Å². The molecule has 8 nitrogen and oxygen atoms in total. The summed E-state index contributed by atoms with van der Waals surface area (Å²) >= 11 is 3.69. The second-order valence-corrected chi connectivity index (χ2v) is 10.9. The van der Waals surface area contributed by atoms with Crippen LogP contribution in [0.15, 0.2) is 55.6 Å². The number of likely N-dealkylation sites (tertiary alicyclic amines) is 1. The van der Waals surface area contributed by atoms with Crippen LogP contribution in [0.4, 0.5) is 0 Å². The Hall–Kier alpha value is -2.49. The Morgan fingerprint density at radius 1 is 1.22 bits per heavy atom. The monoisotopic (exact) mass is 559 g/mol. The molecule has 3 aliphatic heterocycles. The van der Waals surface area contributed by atoms with Crippen LogP contribution in [0.2, 0.25) is 0 Å². The van der Waals surface area contributed by atoms with Crippen LogP contribution < -0.4 is 0 Å². The van der Waals surface area contributed by atoms with E-state index in [0.29, 0.717) is 32.5 Å². The molecule has 0 radical (unpaired) electrons. The van der Waals surface area contributed by atoms with Gasteiger partial charge in [-0.3, -0.25) is 14.4 Å². The number of nitrogens with zero attached hydrogens (tertiary/aromatic N) is 3. The van der Waals surface area contributed by atoms with Gasteiger partial charge in [-0.25, -0.2) is 0 Å². The summed E-state index contributed by atoms with van der Waals surface area (Å²) in [7, 11) is 1.68. The number of amides is 3. The summed E-state index contributed by atoms with van der Waals surface area (Å²) in [6.45, 7) is 8.65. The number of ether oxygens (including phenoxy) is 1. The maximum atomic E-state index is 14.2. The van der Waals surface area contributed by atoms with Gasteiger partial charge in [0.05, 0.1) is 17.9 Å². The lowest BCUT2D eigenvalue weighted by Gasteiger charge is -2.37. The molecule has 3 heterocycles. The molecule has 1 N–H and O–H groups in total. The quantitative estimate of drug-likeness (QED) is 0.330. The number of carbonyl (C=O) groups is 3. The summed E-state index contributed by atoms with van der Waals surface area (Å²) in [5, 5.41) is 9.52. The van der Waals surface area contributed by atoms with Crippen molar-refractivity contribution in [3.05, 3.63) is 61.2 Å². The van der Waals surface area contributed by atoms with Gasteiger partial charge in [-0.2, -0.15) is 0 Å². The molecular weight excluding hydrogens is 526 g/mol. The summed E-state index contributed by atoms with van der Waals surface area (Å²) in [5.41, 5.74) is -0.157. The van der Waals surface area contributed by atoms with Crippen LogP contribution in [-0.2, 0) is 25.7 Å². The van der Waals surface area contributed by atoms with Crippen molar-refractivity contribution in [3.8, 4) is 0 Å². The third-order valence-corrected chi connectivity index (χ3v) is 8.37. The highest BCUT2D eigenvalue weighted by molar-refractivity contribution is 9.09. The minimum Gasteiger partial charge on any atom is -0.396 e. The van der Waals surface area contributed by atoms with E-state index in [1.165, 1.54) is 0 Å². The Morgan fingerprint density at radius 2 is 1.92 bits per heavy atom. The van der Waals surface area contributed by atoms with Crippen LogP contribution in [0.3, 0.4) is 0 Å². The Balaban J connectivity index is 1.73. The summed E-state index contributed by atoms with van der Waals surface area (Å²) in [4.78, 5) is 46.2. The van der Waals surface area contributed by atoms with Crippen LogP contribution in [-0.4, -0.2) is 93.4 Å². The number of aliphatic hydroxyl groups excluding tert-OH is 1. The first-order chi connectivity index (χ1) is 17.3. The predicted octanol–water partition coefficient (Wildman–Crippen LogP) is 1.98. The van der Waals surface area contributed by atoms with E-state index in [2.05, 4.69) is 29.1 Å². The van der Waals surface area contributed by atoms with E-state index in [9.17, 15) is 19.5 Å². The predicted molar refractivity (Wildman–Crippen MR) is 139 cm³/mol. The number of rotatable bonds is 11. The highest BCUT2D eigenvalue weighted by Gasteiger charge is 2.76. The fraction of sp³-hybridized carbons (Fsp3) is 0.519. The first-order valence-electron chi connectivity index (χ1n) is 12.3. The third-order valence-electron chi connectivity index (χ3n) is 7.52. The van der Waals surface area contributed by atoms with Crippen LogP contribution in [0.1, 0.15) is 18.4 Å². The van der Waals surface area contributed by atoms with E-state index in [1.54, 1.807) is 33.9 Å². The Kier molecular flexibility index (Phi) is 8.02. The van der Waals surface area contributed by atoms with Gasteiger partial charge >= 0.3 is 0 Å². The molecule has 36 heavy (non-hydrogen) atoms. The second kappa shape index (κ2) is 10.9. The average molecular weight is 560 g/mol. The van der Waals surface area contributed by atoms with Crippen LogP contribution in [0.5, 0.6) is 0 Å². The average Bonchev–Trinajstić information content (AvgIpc) is 3.45. The lowest BCUT2D eigenvalue weighted by molar-refractivity contribution is -0.149. The van der Waals surface area contributed by atoms with Crippen molar-refractivity contribution in [1.29, 1.82) is 0 Å². The van der Waals surface area contributed by atoms with Crippen molar-refractivity contribution >= 4 is 33.7 Å². The number of hydrogen-bond acceptors (Lipinski definition) is 5. The van der Waals surface area contributed by atoms with E-state index >= 15 is 0 Å². The summed E-state index contributed by atoms with van der Waals surface area (Å²) < 4.78 is 6.53. The molecule has 0 aliphatic carbocycles. The van der Waals surface area contributed by atoms with Gasteiger partial charge in [0.1, 0.15) is 11.6 Å². The topological polar surface area (TPSA) is 90.4 Å². The number of alkyl halides is 1. The molecule has 4 rings (SSSR count). The maximum absolute atomic E-state index is 14.2. The van der Waals surface area contributed by atoms with Gasteiger partial charge in [0.15, 0.2) is 0 Å². The van der Waals surface area contributed by atoms with Gasteiger partial charge in [0, 0.05) is 44.7 Å². The summed E-state index contributed by atoms with van der Waals surface area (Å²) in [6.07, 6.45) is 3.58. The third kappa shape index (κ3) is 4.41. The van der Waals surface area contributed by atoms with Crippen molar-refractivity contribution in [2.45, 2.75) is 42.0 Å². The van der Waals surface area contributed by atoms with E-state index in [0.717, 1.165) is 5.56 Å². The number of carbonyl (C=O) groups excluding carboxylic acids is 3. The Morgan fingerprint density at radius 3 is 2.56 bits per heavy atom. The molecule has 1 aromatic rings. The number of likely N-dealkylation sites (N-methyl/N-ethyl adjacent to an activating group) is 1. The first kappa shape index (κ1) is 26.6. The van der Waals surface area contributed by atoms with Gasteiger partial charge < -0.3 is 24.5 Å². The van der Waals surface area contributed by atoms with Crippen molar-refractivity contribution in [3.63, 3.8) is 0 Å². The lowest BCUT2D eigenvalue weighted by atomic mass is 9.70. The summed E-state index contributed by atoms with van der Waals surface area (Å²) in [5.74, 6) is -2.14.